The summed E-state index contributed by atoms with van der Waals surface area (Å²) in [7, 11) is 3.13. The zero-order valence-corrected chi connectivity index (χ0v) is 11.6. The molecular formula is C14H18N2O3. The van der Waals surface area contributed by atoms with E-state index in [0.717, 1.165) is 5.56 Å². The molecule has 0 aliphatic carbocycles. The van der Waals surface area contributed by atoms with E-state index in [4.69, 9.17) is 14.7 Å². The van der Waals surface area contributed by atoms with E-state index >= 15 is 0 Å². The van der Waals surface area contributed by atoms with Gasteiger partial charge in [0.05, 0.1) is 20.3 Å². The maximum absolute atomic E-state index is 11.8. The molecule has 0 bridgehead atoms. The lowest BCUT2D eigenvalue weighted by molar-refractivity contribution is -0.126. The van der Waals surface area contributed by atoms with Crippen LogP contribution in [-0.4, -0.2) is 20.1 Å². The average Bonchev–Trinajstić information content (AvgIpc) is 2.44. The number of methoxy groups -OCH3 is 2. The number of nitrogens with zero attached hydrogens (tertiary/aromatic N) is 1. The molecule has 102 valence electrons. The number of amides is 1. The molecule has 0 saturated carbocycles. The van der Waals surface area contributed by atoms with E-state index in [0.29, 0.717) is 18.0 Å². The third kappa shape index (κ3) is 3.62. The Morgan fingerprint density at radius 3 is 2.58 bits per heavy atom. The van der Waals surface area contributed by atoms with E-state index < -0.39 is 5.41 Å². The first-order chi connectivity index (χ1) is 8.94. The largest absolute Gasteiger partial charge is 0.497 e. The molecule has 0 atom stereocenters. The van der Waals surface area contributed by atoms with Crippen molar-refractivity contribution in [2.75, 3.05) is 14.2 Å². The second-order valence-corrected chi connectivity index (χ2v) is 4.60. The molecule has 0 aliphatic heterocycles. The van der Waals surface area contributed by atoms with Crippen LogP contribution in [0, 0.1) is 16.7 Å². The van der Waals surface area contributed by atoms with Gasteiger partial charge in [0.2, 0.25) is 5.91 Å². The van der Waals surface area contributed by atoms with E-state index in [1.54, 1.807) is 40.2 Å². The van der Waals surface area contributed by atoms with Crippen LogP contribution in [0.25, 0.3) is 0 Å². The molecule has 0 aromatic heterocycles. The van der Waals surface area contributed by atoms with Crippen LogP contribution in [0.1, 0.15) is 19.4 Å². The van der Waals surface area contributed by atoms with Crippen molar-refractivity contribution in [3.63, 3.8) is 0 Å². The van der Waals surface area contributed by atoms with Gasteiger partial charge in [-0.15, -0.1) is 0 Å². The summed E-state index contributed by atoms with van der Waals surface area (Å²) in [5, 5.41) is 11.6. The van der Waals surface area contributed by atoms with E-state index in [2.05, 4.69) is 5.32 Å². The number of hydrogen-bond acceptors (Lipinski definition) is 4. The molecular weight excluding hydrogens is 244 g/mol. The van der Waals surface area contributed by atoms with Crippen LogP contribution >= 0.6 is 0 Å². The number of nitrogens with one attached hydrogen (secondary N) is 1. The molecule has 1 rings (SSSR count). The zero-order chi connectivity index (χ0) is 14.5. The van der Waals surface area contributed by atoms with Crippen LogP contribution in [0.5, 0.6) is 11.5 Å². The number of benzene rings is 1. The van der Waals surface area contributed by atoms with Crippen molar-refractivity contribution in [3.05, 3.63) is 23.8 Å². The van der Waals surface area contributed by atoms with Crippen LogP contribution in [0.4, 0.5) is 0 Å². The molecule has 0 spiro atoms. The minimum atomic E-state index is -1.04. The van der Waals surface area contributed by atoms with Gasteiger partial charge >= 0.3 is 0 Å². The van der Waals surface area contributed by atoms with Crippen LogP contribution in [0.15, 0.2) is 18.2 Å². The Bertz CT molecular complexity index is 504. The minimum Gasteiger partial charge on any atom is -0.497 e. The number of rotatable bonds is 5. The standard InChI is InChI=1S/C14H18N2O3/c1-14(2,9-15)13(17)16-8-10-5-6-11(18-3)7-12(10)19-4/h5-7H,8H2,1-4H3,(H,16,17). The number of hydrogen-bond donors (Lipinski definition) is 1. The highest BCUT2D eigenvalue weighted by atomic mass is 16.5. The van der Waals surface area contributed by atoms with Gasteiger partial charge in [0.15, 0.2) is 0 Å². The lowest BCUT2D eigenvalue weighted by Gasteiger charge is -2.16. The molecule has 1 amide bonds. The monoisotopic (exact) mass is 262 g/mol. The lowest BCUT2D eigenvalue weighted by Crippen LogP contribution is -2.35. The summed E-state index contributed by atoms with van der Waals surface area (Å²) in [4.78, 5) is 11.8. The van der Waals surface area contributed by atoms with Crippen molar-refractivity contribution in [3.8, 4) is 17.6 Å². The molecule has 0 radical (unpaired) electrons. The van der Waals surface area contributed by atoms with Crippen molar-refractivity contribution in [1.29, 1.82) is 5.26 Å². The third-order valence-electron chi connectivity index (χ3n) is 2.78. The fourth-order valence-corrected chi connectivity index (χ4v) is 1.45. The predicted octanol–water partition coefficient (Wildman–Crippen LogP) is 1.87. The molecule has 19 heavy (non-hydrogen) atoms. The Balaban J connectivity index is 2.79. The van der Waals surface area contributed by atoms with Crippen molar-refractivity contribution >= 4 is 5.91 Å². The molecule has 0 aliphatic rings. The van der Waals surface area contributed by atoms with Gasteiger partial charge in [0.1, 0.15) is 16.9 Å². The van der Waals surface area contributed by atoms with Crippen LogP contribution in [0.2, 0.25) is 0 Å². The molecule has 0 fully saturated rings. The maximum atomic E-state index is 11.8. The quantitative estimate of drug-likeness (QED) is 0.879. The van der Waals surface area contributed by atoms with Gasteiger partial charge in [0.25, 0.3) is 0 Å². The van der Waals surface area contributed by atoms with Gasteiger partial charge in [-0.25, -0.2) is 0 Å². The molecule has 0 heterocycles. The van der Waals surface area contributed by atoms with Crippen LogP contribution < -0.4 is 14.8 Å². The number of nitriles is 1. The smallest absolute Gasteiger partial charge is 0.240 e. The van der Waals surface area contributed by atoms with Crippen molar-refractivity contribution in [2.45, 2.75) is 20.4 Å². The molecule has 1 N–H and O–H groups in total. The first-order valence-electron chi connectivity index (χ1n) is 5.85. The Labute approximate surface area is 113 Å². The third-order valence-corrected chi connectivity index (χ3v) is 2.78. The average molecular weight is 262 g/mol. The fourth-order valence-electron chi connectivity index (χ4n) is 1.45. The van der Waals surface area contributed by atoms with Gasteiger partial charge in [0, 0.05) is 18.2 Å². The summed E-state index contributed by atoms with van der Waals surface area (Å²) < 4.78 is 10.3. The van der Waals surface area contributed by atoms with Crippen LogP contribution in [0.3, 0.4) is 0 Å². The summed E-state index contributed by atoms with van der Waals surface area (Å²) in [5.41, 5.74) is -0.218. The first kappa shape index (κ1) is 14.8. The number of carbonyl (C=O) groups excluding carboxylic acids is 1. The molecule has 0 unspecified atom stereocenters. The second-order valence-electron chi connectivity index (χ2n) is 4.60. The Morgan fingerprint density at radius 1 is 1.37 bits per heavy atom. The van der Waals surface area contributed by atoms with Gasteiger partial charge in [-0.3, -0.25) is 4.79 Å². The summed E-state index contributed by atoms with van der Waals surface area (Å²) in [6, 6.07) is 7.32. The van der Waals surface area contributed by atoms with Crippen molar-refractivity contribution in [2.24, 2.45) is 5.41 Å². The zero-order valence-electron chi connectivity index (χ0n) is 11.6. The molecule has 1 aromatic carbocycles. The van der Waals surface area contributed by atoms with E-state index in [1.807, 2.05) is 12.1 Å². The normalized spacial score (nSPS) is 10.5. The number of carbonyl (C=O) groups is 1. The topological polar surface area (TPSA) is 71.3 Å². The molecule has 5 nitrogen and oxygen atoms in total. The van der Waals surface area contributed by atoms with Gasteiger partial charge in [-0.05, 0) is 26.0 Å². The number of ether oxygens (including phenoxy) is 2. The SMILES string of the molecule is COc1ccc(CNC(=O)C(C)(C)C#N)c(OC)c1. The Morgan fingerprint density at radius 2 is 2.05 bits per heavy atom. The Hall–Kier alpha value is -2.22. The van der Waals surface area contributed by atoms with Crippen molar-refractivity contribution < 1.29 is 14.3 Å². The Kier molecular flexibility index (Phi) is 4.76. The molecule has 0 saturated heterocycles. The first-order valence-corrected chi connectivity index (χ1v) is 5.85. The molecule has 5 heteroatoms. The van der Waals surface area contributed by atoms with E-state index in [9.17, 15) is 4.79 Å². The summed E-state index contributed by atoms with van der Waals surface area (Å²) >= 11 is 0. The second kappa shape index (κ2) is 6.10. The molecule has 1 aromatic rings. The highest BCUT2D eigenvalue weighted by Crippen LogP contribution is 2.24. The van der Waals surface area contributed by atoms with Gasteiger partial charge < -0.3 is 14.8 Å². The maximum Gasteiger partial charge on any atom is 0.240 e. The van der Waals surface area contributed by atoms with Crippen molar-refractivity contribution in [1.82, 2.24) is 5.32 Å². The summed E-state index contributed by atoms with van der Waals surface area (Å²) in [6.07, 6.45) is 0. The van der Waals surface area contributed by atoms with E-state index in [-0.39, 0.29) is 5.91 Å². The van der Waals surface area contributed by atoms with E-state index in [1.165, 1.54) is 0 Å². The van der Waals surface area contributed by atoms with Gasteiger partial charge in [-0.2, -0.15) is 5.26 Å². The highest BCUT2D eigenvalue weighted by molar-refractivity contribution is 5.84. The summed E-state index contributed by atoms with van der Waals surface area (Å²) in [6.45, 7) is 3.46. The predicted molar refractivity (Wildman–Crippen MR) is 70.8 cm³/mol. The lowest BCUT2D eigenvalue weighted by atomic mass is 9.94. The summed E-state index contributed by atoms with van der Waals surface area (Å²) in [5.74, 6) is 1.01. The highest BCUT2D eigenvalue weighted by Gasteiger charge is 2.26. The van der Waals surface area contributed by atoms with Gasteiger partial charge in [-0.1, -0.05) is 0 Å². The fraction of sp³-hybridized carbons (Fsp3) is 0.429. The minimum absolute atomic E-state index is 0.303. The van der Waals surface area contributed by atoms with Crippen LogP contribution in [-0.2, 0) is 11.3 Å².